The molecule has 20 amide bonds. The van der Waals surface area contributed by atoms with Crippen LogP contribution in [0.15, 0.2) is 103 Å². The van der Waals surface area contributed by atoms with Crippen molar-refractivity contribution < 1.29 is 124 Å². The number of amides is 20. The Morgan fingerprint density at radius 2 is 0.483 bits per heavy atom. The molecule has 147 heavy (non-hydrogen) atoms. The van der Waals surface area contributed by atoms with Crippen molar-refractivity contribution in [3.05, 3.63) is 153 Å². The van der Waals surface area contributed by atoms with E-state index in [1.54, 1.807) is 71.9 Å². The van der Waals surface area contributed by atoms with E-state index >= 15 is 0 Å². The highest BCUT2D eigenvalue weighted by atomic mass is 16.6. The zero-order chi connectivity index (χ0) is 107. The first-order chi connectivity index (χ1) is 70.3. The molecule has 0 atom stereocenters. The lowest BCUT2D eigenvalue weighted by molar-refractivity contribution is -0.133. The van der Waals surface area contributed by atoms with Gasteiger partial charge in [0.25, 0.3) is 47.3 Å². The third-order valence-electron chi connectivity index (χ3n) is 21.6. The molecule has 0 aromatic heterocycles. The predicted octanol–water partition coefficient (Wildman–Crippen LogP) is -0.991. The number of hydrogen-bond donors (Lipinski definition) is 18. The molecule has 0 unspecified atom stereocenters. The van der Waals surface area contributed by atoms with Crippen LogP contribution in [-0.4, -0.2) is 352 Å². The zero-order valence-corrected chi connectivity index (χ0v) is 84.6. The largest absolute Gasteiger partial charge is 0.492 e. The number of rotatable bonds is 38. The lowest BCUT2D eigenvalue weighted by atomic mass is 10.1. The second-order valence-corrected chi connectivity index (χ2v) is 35.5. The van der Waals surface area contributed by atoms with Crippen molar-refractivity contribution in [3.63, 3.8) is 0 Å². The van der Waals surface area contributed by atoms with Crippen LogP contribution in [0.25, 0.3) is 0 Å². The molecular weight excluding hydrogens is 1910 g/mol. The summed E-state index contributed by atoms with van der Waals surface area (Å²) in [6.07, 6.45) is 1.90. The minimum absolute atomic E-state index is 0.00398. The van der Waals surface area contributed by atoms with Crippen LogP contribution >= 0.6 is 0 Å². The molecule has 5 aromatic rings. The molecule has 2 aliphatic heterocycles. The van der Waals surface area contributed by atoms with Gasteiger partial charge in [-0.15, -0.1) is 0 Å². The molecule has 800 valence electrons. The molecule has 0 saturated heterocycles. The predicted molar refractivity (Wildman–Crippen MR) is 535 cm³/mol. The smallest absolute Gasteiger partial charge is 0.408 e. The second-order valence-electron chi connectivity index (χ2n) is 35.5. The average Bonchev–Trinajstić information content (AvgIpc) is 0.824. The van der Waals surface area contributed by atoms with Gasteiger partial charge in [0.15, 0.2) is 0 Å². The van der Waals surface area contributed by atoms with Crippen LogP contribution in [0.4, 0.5) is 9.59 Å². The van der Waals surface area contributed by atoms with Crippen LogP contribution in [0.3, 0.4) is 0 Å². The summed E-state index contributed by atoms with van der Waals surface area (Å²) in [5, 5.41) is 46.2. The van der Waals surface area contributed by atoms with Crippen molar-refractivity contribution in [1.82, 2.24) is 115 Å². The number of benzene rings is 5. The van der Waals surface area contributed by atoms with Gasteiger partial charge in [-0.1, -0.05) is 94.6 Å². The normalized spacial score (nSPS) is 14.4. The Balaban J connectivity index is 1.10. The molecule has 8 bridgehead atoms. The Morgan fingerprint density at radius 3 is 0.707 bits per heavy atom. The molecule has 0 saturated carbocycles. The number of carbonyl (C=O) groups is 20. The monoisotopic (exact) mass is 2050 g/mol. The summed E-state index contributed by atoms with van der Waals surface area (Å²) in [4.78, 5) is 276. The van der Waals surface area contributed by atoms with Crippen molar-refractivity contribution in [3.8, 4) is 23.0 Å². The minimum Gasteiger partial charge on any atom is -0.492 e. The van der Waals surface area contributed by atoms with Crippen molar-refractivity contribution >= 4 is 119 Å². The van der Waals surface area contributed by atoms with E-state index in [1.807, 2.05) is 30.6 Å². The van der Waals surface area contributed by atoms with Crippen molar-refractivity contribution in [2.24, 2.45) is 0 Å². The first kappa shape index (κ1) is 118. The molecule has 0 aliphatic carbocycles. The summed E-state index contributed by atoms with van der Waals surface area (Å²) in [7, 11) is 0. The molecule has 2 heterocycles. The Hall–Kier alpha value is -15.8. The van der Waals surface area contributed by atoms with Gasteiger partial charge in [-0.3, -0.25) is 96.1 Å². The SMILES string of the molecule is CCCCOc1c2cccc1C(=O)NCCN(C(=O)CNC(=O)CNC(=O)CNC(=O)CNC(=O)CNC(=O)OC(C)(C)C)CCNC(=O)c1cccc(c1OCCCC)C(=O)NCCN(CCN1CCNC(=O)c3cccc(c3OCCCC)C(=O)NCCN(C(=O)CNC(=O)CNC(=O)CNC(=O)CNC(=O)CNC(=O)OC(C)(C)C)CCNC(=O)c3cccc(c3OCc3ccccc3)C(=O)NCC1)CCNC2=O. The maximum atomic E-state index is 14.8. The number of alkyl carbamates (subject to hydrolysis) is 2. The van der Waals surface area contributed by atoms with Crippen molar-refractivity contribution in [2.75, 3.05) is 203 Å². The highest BCUT2D eigenvalue weighted by molar-refractivity contribution is 6.08. The summed E-state index contributed by atoms with van der Waals surface area (Å²) in [5.74, 6) is -13.3. The molecule has 7 rings (SSSR count). The highest BCUT2D eigenvalue weighted by Crippen LogP contribution is 2.30. The number of unbranched alkanes of at least 4 members (excludes halogenated alkanes) is 3. The van der Waals surface area contributed by atoms with Crippen LogP contribution in [-0.2, 0) is 64.0 Å². The molecule has 48 nitrogen and oxygen atoms in total. The van der Waals surface area contributed by atoms with E-state index in [4.69, 9.17) is 28.4 Å². The molecular formula is C99H138N22O26. The van der Waals surface area contributed by atoms with E-state index in [0.717, 1.165) is 0 Å². The maximum Gasteiger partial charge on any atom is 0.408 e. The molecule has 0 fully saturated rings. The Labute approximate surface area is 852 Å². The van der Waals surface area contributed by atoms with E-state index in [2.05, 4.69) is 95.7 Å². The van der Waals surface area contributed by atoms with E-state index in [9.17, 15) is 95.9 Å². The van der Waals surface area contributed by atoms with Gasteiger partial charge >= 0.3 is 12.2 Å². The Kier molecular flexibility index (Phi) is 50.4. The Bertz CT molecular complexity index is 5280. The third-order valence-corrected chi connectivity index (χ3v) is 21.6. The maximum absolute atomic E-state index is 14.8. The molecule has 48 heteroatoms. The number of hydrogen-bond acceptors (Lipinski definition) is 28. The first-order valence-electron chi connectivity index (χ1n) is 48.7. The lowest BCUT2D eigenvalue weighted by Crippen LogP contribution is -2.48. The highest BCUT2D eigenvalue weighted by Gasteiger charge is 2.31. The van der Waals surface area contributed by atoms with Crippen molar-refractivity contribution in [2.45, 2.75) is 119 Å². The number of ether oxygens (including phenoxy) is 6. The lowest BCUT2D eigenvalue weighted by Gasteiger charge is -2.28. The van der Waals surface area contributed by atoms with Gasteiger partial charge in [0.1, 0.15) is 53.9 Å². The number of nitrogens with one attached hydrogen (secondary N) is 18. The molecule has 5 aromatic carbocycles. The summed E-state index contributed by atoms with van der Waals surface area (Å²) in [6.45, 7) is 8.63. The van der Waals surface area contributed by atoms with Gasteiger partial charge < -0.3 is 134 Å². The van der Waals surface area contributed by atoms with Gasteiger partial charge in [-0.25, -0.2) is 9.59 Å². The third kappa shape index (κ3) is 43.7. The van der Waals surface area contributed by atoms with Gasteiger partial charge in [0, 0.05) is 118 Å². The molecule has 2 aliphatic rings. The standard InChI is InChI=1S/C99H138N22O26/c1-10-13-51-142-84-66-25-19-28-69(84)91(135)104-37-45-120(82(130)62-114-78(126)58-110-74(122)54-108-76(124)56-112-80(128)60-116-96(140)146-98(4,5)6)46-38-105-92(136)70-29-20-26-67(85(70)143-52-14-11-2)89(133)101-34-42-118(41-33-100-88(66)132)49-50-119-43-35-102-90(134)68-27-21-30-71(86(68)144-53-15-12-3)93(137)106-39-47-121(48-40-107-95(139)73-32-22-31-72(94(138)103-36-44-119)87(73)145-64-65-23-17-16-18-24-65)83(131)63-115-79(127)59-111-75(123)55-109-77(125)57-113-81(129)61-117-97(141)147-99(7,8)9/h16-32H,10-15,33-64H2,1-9H3,(H,100,132)(H,101,133)(H,102,134)(H,103,138)(H,104,135)(H,105,136)(H,106,137)(H,107,139)(H,108,124)(H,109,125)(H,110,122)(H,111,123)(H,112,128)(H,113,129)(H,114,126)(H,115,127)(H,116,140)(H,117,141). The van der Waals surface area contributed by atoms with Crippen LogP contribution in [0.5, 0.6) is 23.0 Å². The van der Waals surface area contributed by atoms with E-state index in [1.165, 1.54) is 82.6 Å². The first-order valence-corrected chi connectivity index (χ1v) is 48.7. The van der Waals surface area contributed by atoms with E-state index in [0.29, 0.717) is 44.1 Å². The number of para-hydroxylation sites is 4. The summed E-state index contributed by atoms with van der Waals surface area (Å²) in [6, 6.07) is 26.7. The topological polar surface area (TPSA) is 626 Å². The van der Waals surface area contributed by atoms with Crippen LogP contribution in [0.2, 0.25) is 0 Å². The van der Waals surface area contributed by atoms with Crippen LogP contribution in [0, 0.1) is 0 Å². The van der Waals surface area contributed by atoms with Crippen LogP contribution < -0.4 is 115 Å². The fourth-order valence-corrected chi connectivity index (χ4v) is 13.9. The summed E-state index contributed by atoms with van der Waals surface area (Å²) >= 11 is 0. The fraction of sp³-hybridized carbons (Fsp3) is 0.495. The number of carbonyl (C=O) groups excluding carboxylic acids is 20. The van der Waals surface area contributed by atoms with E-state index in [-0.39, 0.29) is 212 Å². The number of fused-ring (bicyclic) bond motifs is 8. The van der Waals surface area contributed by atoms with Gasteiger partial charge in [-0.05, 0) is 115 Å². The van der Waals surface area contributed by atoms with Gasteiger partial charge in [-0.2, -0.15) is 0 Å². The molecule has 0 radical (unpaired) electrons. The molecule has 0 spiro atoms. The summed E-state index contributed by atoms with van der Waals surface area (Å²) < 4.78 is 35.3. The average molecular weight is 2050 g/mol. The Morgan fingerprint density at radius 1 is 0.272 bits per heavy atom. The fourth-order valence-electron chi connectivity index (χ4n) is 13.9. The quantitative estimate of drug-likeness (QED) is 0.0211. The molecule has 18 N–H and O–H groups in total. The van der Waals surface area contributed by atoms with E-state index < -0.39 is 195 Å². The van der Waals surface area contributed by atoms with Crippen LogP contribution in [0.1, 0.15) is 189 Å². The summed E-state index contributed by atoms with van der Waals surface area (Å²) in [5.41, 5.74) is -1.19. The second kappa shape index (κ2) is 62.7. The van der Waals surface area contributed by atoms with Crippen molar-refractivity contribution in [1.29, 1.82) is 0 Å². The zero-order valence-electron chi connectivity index (χ0n) is 84.6. The van der Waals surface area contributed by atoms with Gasteiger partial charge in [0.05, 0.1) is 117 Å². The minimum atomic E-state index is -0.853. The number of nitrogens with zero attached hydrogens (tertiary/aromatic N) is 4. The van der Waals surface area contributed by atoms with Gasteiger partial charge in [0.2, 0.25) is 59.1 Å².